The van der Waals surface area contributed by atoms with Gasteiger partial charge < -0.3 is 10.4 Å². The van der Waals surface area contributed by atoms with Gasteiger partial charge in [0.2, 0.25) is 5.91 Å². The summed E-state index contributed by atoms with van der Waals surface area (Å²) in [7, 11) is 0. The third kappa shape index (κ3) is 5.34. The zero-order valence-electron chi connectivity index (χ0n) is 11.2. The van der Waals surface area contributed by atoms with E-state index >= 15 is 0 Å². The Hall–Kier alpha value is -1.49. The number of hydrogen-bond donors (Lipinski definition) is 2. The van der Waals surface area contributed by atoms with Gasteiger partial charge in [0.1, 0.15) is 0 Å². The predicted octanol–water partition coefficient (Wildman–Crippen LogP) is 2.70. The number of aliphatic carboxylic acids is 1. The van der Waals surface area contributed by atoms with Gasteiger partial charge in [-0.2, -0.15) is 11.8 Å². The lowest BCUT2D eigenvalue weighted by atomic mass is 10.1. The van der Waals surface area contributed by atoms with E-state index in [4.69, 9.17) is 5.11 Å². The monoisotopic (exact) mass is 281 g/mol. The van der Waals surface area contributed by atoms with Crippen LogP contribution in [0.25, 0.3) is 0 Å². The van der Waals surface area contributed by atoms with Crippen LogP contribution in [0.15, 0.2) is 18.2 Å². The highest BCUT2D eigenvalue weighted by Gasteiger charge is 2.08. The van der Waals surface area contributed by atoms with E-state index in [1.807, 2.05) is 32.0 Å². The third-order valence-corrected chi connectivity index (χ3v) is 3.66. The summed E-state index contributed by atoms with van der Waals surface area (Å²) in [6, 6.07) is 5.94. The van der Waals surface area contributed by atoms with Gasteiger partial charge in [-0.3, -0.25) is 9.59 Å². The lowest BCUT2D eigenvalue weighted by Gasteiger charge is -2.12. The Kier molecular flexibility index (Phi) is 6.42. The van der Waals surface area contributed by atoms with Crippen molar-refractivity contribution in [3.05, 3.63) is 29.3 Å². The molecule has 0 aromatic heterocycles. The first-order valence-corrected chi connectivity index (χ1v) is 7.38. The number of anilines is 1. The second-order valence-electron chi connectivity index (χ2n) is 4.21. The molecule has 0 aliphatic heterocycles. The molecule has 2 N–H and O–H groups in total. The summed E-state index contributed by atoms with van der Waals surface area (Å²) < 4.78 is 0. The minimum atomic E-state index is -0.833. The smallest absolute Gasteiger partial charge is 0.304 e. The maximum absolute atomic E-state index is 11.8. The molecule has 0 bridgehead atoms. The van der Waals surface area contributed by atoms with Gasteiger partial charge in [0.15, 0.2) is 0 Å². The van der Waals surface area contributed by atoms with Crippen molar-refractivity contribution in [1.82, 2.24) is 0 Å². The molecule has 0 atom stereocenters. The Labute approximate surface area is 117 Å². The molecule has 5 heteroatoms. The molecular weight excluding hydrogens is 262 g/mol. The van der Waals surface area contributed by atoms with Gasteiger partial charge in [-0.25, -0.2) is 0 Å². The van der Waals surface area contributed by atoms with Crippen LogP contribution in [-0.4, -0.2) is 28.5 Å². The van der Waals surface area contributed by atoms with E-state index in [-0.39, 0.29) is 18.1 Å². The molecule has 1 rings (SSSR count). The van der Waals surface area contributed by atoms with E-state index in [1.165, 1.54) is 11.8 Å². The quantitative estimate of drug-likeness (QED) is 0.754. The first-order valence-electron chi connectivity index (χ1n) is 6.22. The maximum Gasteiger partial charge on any atom is 0.304 e. The van der Waals surface area contributed by atoms with Gasteiger partial charge in [-0.05, 0) is 24.5 Å². The Morgan fingerprint density at radius 2 is 2.11 bits per heavy atom. The van der Waals surface area contributed by atoms with Crippen molar-refractivity contribution in [2.75, 3.05) is 16.8 Å². The Bertz CT molecular complexity index is 460. The summed E-state index contributed by atoms with van der Waals surface area (Å²) in [5, 5.41) is 11.4. The van der Waals surface area contributed by atoms with E-state index in [1.54, 1.807) is 0 Å². The summed E-state index contributed by atoms with van der Waals surface area (Å²) in [6.07, 6.45) is 0.950. The van der Waals surface area contributed by atoms with E-state index < -0.39 is 5.97 Å². The van der Waals surface area contributed by atoms with Crippen molar-refractivity contribution >= 4 is 29.3 Å². The van der Waals surface area contributed by atoms with E-state index in [9.17, 15) is 9.59 Å². The molecule has 0 spiro atoms. The van der Waals surface area contributed by atoms with Gasteiger partial charge in [0.05, 0.1) is 12.2 Å². The minimum Gasteiger partial charge on any atom is -0.481 e. The van der Waals surface area contributed by atoms with Crippen LogP contribution in [-0.2, 0) is 16.0 Å². The van der Waals surface area contributed by atoms with E-state index in [0.29, 0.717) is 5.75 Å². The van der Waals surface area contributed by atoms with Crippen LogP contribution >= 0.6 is 11.8 Å². The highest BCUT2D eigenvalue weighted by molar-refractivity contribution is 7.99. The number of rotatable bonds is 7. The number of para-hydroxylation sites is 1. The number of carboxylic acid groups (broad SMARTS) is 1. The fraction of sp³-hybridized carbons (Fsp3) is 0.429. The number of hydrogen-bond acceptors (Lipinski definition) is 3. The van der Waals surface area contributed by atoms with Gasteiger partial charge in [-0.1, -0.05) is 25.1 Å². The van der Waals surface area contributed by atoms with Crippen LogP contribution in [0.3, 0.4) is 0 Å². The van der Waals surface area contributed by atoms with Crippen molar-refractivity contribution in [2.24, 2.45) is 0 Å². The Morgan fingerprint density at radius 3 is 2.74 bits per heavy atom. The molecule has 104 valence electrons. The zero-order valence-corrected chi connectivity index (χ0v) is 12.0. The molecule has 0 saturated heterocycles. The predicted molar refractivity (Wildman–Crippen MR) is 78.8 cm³/mol. The first kappa shape index (κ1) is 15.6. The summed E-state index contributed by atoms with van der Waals surface area (Å²) in [4.78, 5) is 22.1. The standard InChI is InChI=1S/C14H19NO3S/c1-3-11-6-4-5-10(2)14(11)15-12(16)9-19-8-7-13(17)18/h4-6H,3,7-9H2,1-2H3,(H,15,16)(H,17,18). The van der Waals surface area contributed by atoms with E-state index in [2.05, 4.69) is 5.32 Å². The molecule has 0 heterocycles. The largest absolute Gasteiger partial charge is 0.481 e. The molecule has 0 radical (unpaired) electrons. The van der Waals surface area contributed by atoms with Crippen LogP contribution < -0.4 is 5.32 Å². The molecule has 0 fully saturated rings. The second-order valence-corrected chi connectivity index (χ2v) is 5.31. The molecule has 19 heavy (non-hydrogen) atoms. The zero-order chi connectivity index (χ0) is 14.3. The van der Waals surface area contributed by atoms with Crippen molar-refractivity contribution < 1.29 is 14.7 Å². The van der Waals surface area contributed by atoms with Crippen LogP contribution in [0, 0.1) is 6.92 Å². The molecule has 4 nitrogen and oxygen atoms in total. The minimum absolute atomic E-state index is 0.0839. The fourth-order valence-electron chi connectivity index (χ4n) is 1.70. The first-order chi connectivity index (χ1) is 9.04. The topological polar surface area (TPSA) is 66.4 Å². The molecule has 0 unspecified atom stereocenters. The second kappa shape index (κ2) is 7.84. The van der Waals surface area contributed by atoms with Crippen molar-refractivity contribution in [3.8, 4) is 0 Å². The number of benzene rings is 1. The Morgan fingerprint density at radius 1 is 1.37 bits per heavy atom. The SMILES string of the molecule is CCc1cccc(C)c1NC(=O)CSCCC(=O)O. The maximum atomic E-state index is 11.8. The molecule has 1 aromatic carbocycles. The molecule has 1 amide bonds. The number of amides is 1. The highest BCUT2D eigenvalue weighted by atomic mass is 32.2. The average molecular weight is 281 g/mol. The number of carboxylic acids is 1. The van der Waals surface area contributed by atoms with Gasteiger partial charge in [0, 0.05) is 11.4 Å². The molecule has 0 saturated carbocycles. The highest BCUT2D eigenvalue weighted by Crippen LogP contribution is 2.21. The van der Waals surface area contributed by atoms with Crippen LogP contribution in [0.1, 0.15) is 24.5 Å². The lowest BCUT2D eigenvalue weighted by Crippen LogP contribution is -2.16. The van der Waals surface area contributed by atoms with Crippen LogP contribution in [0.2, 0.25) is 0 Å². The molecular formula is C14H19NO3S. The van der Waals surface area contributed by atoms with E-state index in [0.717, 1.165) is 23.2 Å². The van der Waals surface area contributed by atoms with Crippen molar-refractivity contribution in [1.29, 1.82) is 0 Å². The molecule has 1 aromatic rings. The van der Waals surface area contributed by atoms with Gasteiger partial charge in [0.25, 0.3) is 0 Å². The Balaban J connectivity index is 2.50. The summed E-state index contributed by atoms with van der Waals surface area (Å²) in [6.45, 7) is 4.01. The number of thioether (sulfide) groups is 1. The summed E-state index contributed by atoms with van der Waals surface area (Å²) >= 11 is 1.34. The third-order valence-electron chi connectivity index (χ3n) is 2.70. The number of nitrogens with one attached hydrogen (secondary N) is 1. The van der Waals surface area contributed by atoms with Crippen molar-refractivity contribution in [3.63, 3.8) is 0 Å². The number of aryl methyl sites for hydroxylation is 2. The summed E-state index contributed by atoms with van der Waals surface area (Å²) in [5.41, 5.74) is 3.04. The number of carbonyl (C=O) groups excluding carboxylic acids is 1. The van der Waals surface area contributed by atoms with Crippen molar-refractivity contribution in [2.45, 2.75) is 26.7 Å². The van der Waals surface area contributed by atoms with Gasteiger partial charge in [-0.15, -0.1) is 0 Å². The number of carbonyl (C=O) groups is 2. The summed E-state index contributed by atoms with van der Waals surface area (Å²) in [5.74, 6) is -0.179. The average Bonchev–Trinajstić information content (AvgIpc) is 2.37. The van der Waals surface area contributed by atoms with Crippen LogP contribution in [0.4, 0.5) is 5.69 Å². The molecule has 0 aliphatic carbocycles. The van der Waals surface area contributed by atoms with Gasteiger partial charge >= 0.3 is 5.97 Å². The molecule has 0 aliphatic rings. The fourth-order valence-corrected chi connectivity index (χ4v) is 2.42. The normalized spacial score (nSPS) is 10.2. The van der Waals surface area contributed by atoms with Crippen LogP contribution in [0.5, 0.6) is 0 Å². The lowest BCUT2D eigenvalue weighted by molar-refractivity contribution is -0.136.